The van der Waals surface area contributed by atoms with Crippen LogP contribution in [0.5, 0.6) is 0 Å². The predicted octanol–water partition coefficient (Wildman–Crippen LogP) is 4.23. The molecule has 106 valence electrons. The highest BCUT2D eigenvalue weighted by atomic mass is 19.2. The van der Waals surface area contributed by atoms with Crippen molar-refractivity contribution in [2.75, 3.05) is 5.32 Å². The van der Waals surface area contributed by atoms with Crippen molar-refractivity contribution in [3.8, 4) is 11.3 Å². The largest absolute Gasteiger partial charge is 0.444 e. The van der Waals surface area contributed by atoms with Gasteiger partial charge in [-0.25, -0.2) is 13.8 Å². The van der Waals surface area contributed by atoms with Gasteiger partial charge in [0, 0.05) is 17.8 Å². The highest BCUT2D eigenvalue weighted by Crippen LogP contribution is 2.22. The molecule has 1 N–H and O–H groups in total. The molecule has 1 aromatic heterocycles. The van der Waals surface area contributed by atoms with Gasteiger partial charge in [0.25, 0.3) is 0 Å². The minimum Gasteiger partial charge on any atom is -0.444 e. The number of hydrogen-bond acceptors (Lipinski definition) is 3. The Morgan fingerprint density at radius 1 is 1.05 bits per heavy atom. The van der Waals surface area contributed by atoms with Crippen LogP contribution in [0.4, 0.5) is 14.5 Å². The Kier molecular flexibility index (Phi) is 3.64. The smallest absolute Gasteiger partial charge is 0.181 e. The highest BCUT2D eigenvalue weighted by molar-refractivity contribution is 5.63. The summed E-state index contributed by atoms with van der Waals surface area (Å²) < 4.78 is 31.2. The molecule has 3 nitrogen and oxygen atoms in total. The molecule has 0 radical (unpaired) electrons. The maximum absolute atomic E-state index is 13.1. The normalized spacial score (nSPS) is 10.6. The number of nitrogens with zero attached hydrogens (tertiary/aromatic N) is 1. The lowest BCUT2D eigenvalue weighted by atomic mass is 10.1. The van der Waals surface area contributed by atoms with Crippen molar-refractivity contribution in [3.05, 3.63) is 72.3 Å². The quantitative estimate of drug-likeness (QED) is 0.780. The minimum absolute atomic E-state index is 0.400. The van der Waals surface area contributed by atoms with Gasteiger partial charge in [0.1, 0.15) is 0 Å². The summed E-state index contributed by atoms with van der Waals surface area (Å²) in [5.74, 6) is -1.01. The van der Waals surface area contributed by atoms with Crippen molar-refractivity contribution in [1.82, 2.24) is 4.98 Å². The van der Waals surface area contributed by atoms with E-state index in [1.165, 1.54) is 12.5 Å². The van der Waals surface area contributed by atoms with E-state index in [-0.39, 0.29) is 0 Å². The summed E-state index contributed by atoms with van der Waals surface area (Å²) in [7, 11) is 0. The zero-order valence-corrected chi connectivity index (χ0v) is 11.0. The van der Waals surface area contributed by atoms with Crippen LogP contribution in [0.15, 0.2) is 59.5 Å². The minimum atomic E-state index is -0.843. The first kappa shape index (κ1) is 13.3. The molecule has 0 aliphatic carbocycles. The van der Waals surface area contributed by atoms with Crippen molar-refractivity contribution in [1.29, 1.82) is 0 Å². The molecule has 5 heteroatoms. The van der Waals surface area contributed by atoms with Crippen molar-refractivity contribution >= 4 is 5.69 Å². The SMILES string of the molecule is Fc1ccc(CNc2cccc(-c3cnco3)c2)cc1F. The molecule has 3 rings (SSSR count). The Balaban J connectivity index is 1.73. The molecule has 0 saturated carbocycles. The number of halogens is 2. The first-order chi connectivity index (χ1) is 10.2. The average Bonchev–Trinajstić information content (AvgIpc) is 3.03. The molecule has 21 heavy (non-hydrogen) atoms. The van der Waals surface area contributed by atoms with Crippen LogP contribution in [0.2, 0.25) is 0 Å². The van der Waals surface area contributed by atoms with E-state index in [0.29, 0.717) is 17.9 Å². The first-order valence-electron chi connectivity index (χ1n) is 6.39. The van der Waals surface area contributed by atoms with E-state index in [1.807, 2.05) is 24.3 Å². The van der Waals surface area contributed by atoms with E-state index in [9.17, 15) is 8.78 Å². The number of aromatic nitrogens is 1. The third-order valence-corrected chi connectivity index (χ3v) is 3.06. The monoisotopic (exact) mass is 286 g/mol. The summed E-state index contributed by atoms with van der Waals surface area (Å²) >= 11 is 0. The van der Waals surface area contributed by atoms with Gasteiger partial charge in [-0.05, 0) is 29.8 Å². The van der Waals surface area contributed by atoms with Gasteiger partial charge >= 0.3 is 0 Å². The number of benzene rings is 2. The third-order valence-electron chi connectivity index (χ3n) is 3.06. The van der Waals surface area contributed by atoms with Crippen LogP contribution in [0.1, 0.15) is 5.56 Å². The van der Waals surface area contributed by atoms with Crippen LogP contribution in [0.3, 0.4) is 0 Å². The Hall–Kier alpha value is -2.69. The molecule has 0 unspecified atom stereocenters. The molecule has 2 aromatic carbocycles. The third kappa shape index (κ3) is 3.08. The van der Waals surface area contributed by atoms with E-state index in [0.717, 1.165) is 17.3 Å². The fraction of sp³-hybridized carbons (Fsp3) is 0.0625. The summed E-state index contributed by atoms with van der Waals surface area (Å²) in [5.41, 5.74) is 2.41. The van der Waals surface area contributed by atoms with Crippen LogP contribution < -0.4 is 5.32 Å². The Labute approximate surface area is 120 Å². The summed E-state index contributed by atoms with van der Waals surface area (Å²) in [6, 6.07) is 11.4. The van der Waals surface area contributed by atoms with E-state index in [1.54, 1.807) is 12.3 Å². The molecule has 0 aliphatic rings. The van der Waals surface area contributed by atoms with Crippen LogP contribution in [0.25, 0.3) is 11.3 Å². The van der Waals surface area contributed by atoms with Gasteiger partial charge in [-0.1, -0.05) is 18.2 Å². The predicted molar refractivity (Wildman–Crippen MR) is 75.6 cm³/mol. The molecule has 1 heterocycles. The number of anilines is 1. The second kappa shape index (κ2) is 5.75. The maximum atomic E-state index is 13.1. The molecular formula is C16H12F2N2O. The van der Waals surface area contributed by atoms with Crippen LogP contribution in [0, 0.1) is 11.6 Å². The Bertz CT molecular complexity index is 742. The summed E-state index contributed by atoms with van der Waals surface area (Å²) in [6.45, 7) is 0.400. The van der Waals surface area contributed by atoms with E-state index in [4.69, 9.17) is 4.42 Å². The van der Waals surface area contributed by atoms with E-state index >= 15 is 0 Å². The van der Waals surface area contributed by atoms with Gasteiger partial charge in [-0.2, -0.15) is 0 Å². The van der Waals surface area contributed by atoms with Gasteiger partial charge < -0.3 is 9.73 Å². The second-order valence-electron chi connectivity index (χ2n) is 4.55. The summed E-state index contributed by atoms with van der Waals surface area (Å²) in [4.78, 5) is 3.88. The number of oxazole rings is 1. The molecule has 0 saturated heterocycles. The van der Waals surface area contributed by atoms with Gasteiger partial charge in [-0.15, -0.1) is 0 Å². The fourth-order valence-corrected chi connectivity index (χ4v) is 1.99. The number of nitrogens with one attached hydrogen (secondary N) is 1. The number of rotatable bonds is 4. The zero-order valence-electron chi connectivity index (χ0n) is 11.0. The van der Waals surface area contributed by atoms with E-state index < -0.39 is 11.6 Å². The lowest BCUT2D eigenvalue weighted by molar-refractivity contribution is 0.507. The Morgan fingerprint density at radius 2 is 1.95 bits per heavy atom. The van der Waals surface area contributed by atoms with Gasteiger partial charge in [0.2, 0.25) is 0 Å². The van der Waals surface area contributed by atoms with Crippen molar-refractivity contribution < 1.29 is 13.2 Å². The molecule has 0 bridgehead atoms. The van der Waals surface area contributed by atoms with Gasteiger partial charge in [0.15, 0.2) is 23.8 Å². The van der Waals surface area contributed by atoms with Crippen LogP contribution in [-0.4, -0.2) is 4.98 Å². The lowest BCUT2D eigenvalue weighted by Gasteiger charge is -2.08. The van der Waals surface area contributed by atoms with E-state index in [2.05, 4.69) is 10.3 Å². The first-order valence-corrected chi connectivity index (χ1v) is 6.39. The molecule has 0 atom stereocenters. The standard InChI is InChI=1S/C16H12F2N2O/c17-14-5-4-11(6-15(14)18)8-20-13-3-1-2-12(7-13)16-9-19-10-21-16/h1-7,9-10,20H,8H2. The highest BCUT2D eigenvalue weighted by Gasteiger charge is 2.04. The van der Waals surface area contributed by atoms with Gasteiger partial charge in [-0.3, -0.25) is 0 Å². The molecule has 3 aromatic rings. The maximum Gasteiger partial charge on any atom is 0.181 e. The van der Waals surface area contributed by atoms with Crippen molar-refractivity contribution in [3.63, 3.8) is 0 Å². The summed E-state index contributed by atoms with van der Waals surface area (Å²) in [6.07, 6.45) is 3.01. The zero-order chi connectivity index (χ0) is 14.7. The van der Waals surface area contributed by atoms with Crippen LogP contribution in [-0.2, 0) is 6.54 Å². The lowest BCUT2D eigenvalue weighted by Crippen LogP contribution is -2.00. The molecule has 0 amide bonds. The topological polar surface area (TPSA) is 38.1 Å². The van der Waals surface area contributed by atoms with Crippen LogP contribution >= 0.6 is 0 Å². The Morgan fingerprint density at radius 3 is 2.71 bits per heavy atom. The average molecular weight is 286 g/mol. The number of hydrogen-bond donors (Lipinski definition) is 1. The van der Waals surface area contributed by atoms with Gasteiger partial charge in [0.05, 0.1) is 6.20 Å². The second-order valence-corrected chi connectivity index (χ2v) is 4.55. The van der Waals surface area contributed by atoms with Crippen molar-refractivity contribution in [2.24, 2.45) is 0 Å². The van der Waals surface area contributed by atoms with Crippen molar-refractivity contribution in [2.45, 2.75) is 6.54 Å². The molecular weight excluding hydrogens is 274 g/mol. The molecule has 0 fully saturated rings. The summed E-state index contributed by atoms with van der Waals surface area (Å²) in [5, 5.41) is 3.16. The molecule has 0 aliphatic heterocycles. The molecule has 0 spiro atoms. The fourth-order valence-electron chi connectivity index (χ4n) is 1.99.